The molecule has 0 bridgehead atoms. The number of nitrogens with one attached hydrogen (secondary N) is 1. The van der Waals surface area contributed by atoms with Crippen LogP contribution in [0, 0.1) is 9.39 Å². The van der Waals surface area contributed by atoms with E-state index in [1.165, 1.54) is 18.2 Å². The van der Waals surface area contributed by atoms with Crippen molar-refractivity contribution in [3.8, 4) is 0 Å². The molecule has 1 rings (SSSR count). The highest BCUT2D eigenvalue weighted by Crippen LogP contribution is 2.14. The van der Waals surface area contributed by atoms with Crippen molar-refractivity contribution in [1.82, 2.24) is 5.32 Å². The Labute approximate surface area is 107 Å². The summed E-state index contributed by atoms with van der Waals surface area (Å²) in [6, 6.07) is 3.73. The van der Waals surface area contributed by atoms with E-state index in [2.05, 4.69) is 5.32 Å². The third kappa shape index (κ3) is 3.41. The number of benzene rings is 1. The van der Waals surface area contributed by atoms with Gasteiger partial charge >= 0.3 is 0 Å². The molecule has 0 radical (unpaired) electrons. The van der Waals surface area contributed by atoms with E-state index in [0.29, 0.717) is 15.6 Å². The van der Waals surface area contributed by atoms with E-state index in [0.717, 1.165) is 0 Å². The first kappa shape index (κ1) is 13.4. The summed E-state index contributed by atoms with van der Waals surface area (Å²) in [5, 5.41) is 11.6. The minimum Gasteiger partial charge on any atom is -0.394 e. The van der Waals surface area contributed by atoms with Crippen LogP contribution in [0.15, 0.2) is 18.2 Å². The number of halogens is 2. The zero-order chi connectivity index (χ0) is 12.1. The number of carbonyl (C=O) groups is 1. The Balaban J connectivity index is 2.80. The molecule has 3 nitrogen and oxygen atoms in total. The van der Waals surface area contributed by atoms with Crippen LogP contribution in [0.1, 0.15) is 23.7 Å². The fourth-order valence-electron chi connectivity index (χ4n) is 1.21. The summed E-state index contributed by atoms with van der Waals surface area (Å²) in [6.45, 7) is 1.77. The van der Waals surface area contributed by atoms with Crippen LogP contribution in [0.5, 0.6) is 0 Å². The fourth-order valence-corrected chi connectivity index (χ4v) is 1.94. The van der Waals surface area contributed by atoms with Crippen LogP contribution in [0.25, 0.3) is 0 Å². The first-order valence-corrected chi connectivity index (χ1v) is 6.03. The van der Waals surface area contributed by atoms with Crippen molar-refractivity contribution in [2.45, 2.75) is 19.4 Å². The lowest BCUT2D eigenvalue weighted by Crippen LogP contribution is -2.37. The summed E-state index contributed by atoms with van der Waals surface area (Å²) in [5.74, 6) is -0.652. The molecule has 0 unspecified atom stereocenters. The second-order valence-electron chi connectivity index (χ2n) is 3.39. The Morgan fingerprint density at radius 3 is 2.81 bits per heavy atom. The number of aliphatic hydroxyl groups excluding tert-OH is 1. The molecule has 0 fully saturated rings. The van der Waals surface area contributed by atoms with Gasteiger partial charge in [-0.25, -0.2) is 4.39 Å². The Morgan fingerprint density at radius 1 is 1.62 bits per heavy atom. The lowest BCUT2D eigenvalue weighted by Gasteiger charge is -2.14. The maximum atomic E-state index is 12.8. The Hall–Kier alpha value is -0.690. The molecule has 0 aromatic heterocycles. The second-order valence-corrected chi connectivity index (χ2v) is 4.55. The van der Waals surface area contributed by atoms with E-state index in [1.807, 2.05) is 29.5 Å². The van der Waals surface area contributed by atoms with Gasteiger partial charge in [-0.15, -0.1) is 0 Å². The molecular weight excluding hydrogens is 324 g/mol. The lowest BCUT2D eigenvalue weighted by atomic mass is 10.2. The van der Waals surface area contributed by atoms with E-state index < -0.39 is 0 Å². The molecule has 0 saturated heterocycles. The molecule has 0 saturated carbocycles. The topological polar surface area (TPSA) is 49.3 Å². The number of hydrogen-bond donors (Lipinski definition) is 2. The van der Waals surface area contributed by atoms with Gasteiger partial charge in [0.05, 0.1) is 18.2 Å². The average molecular weight is 337 g/mol. The highest BCUT2D eigenvalue weighted by Gasteiger charge is 2.14. The number of hydrogen-bond acceptors (Lipinski definition) is 2. The molecule has 1 amide bonds. The van der Waals surface area contributed by atoms with Gasteiger partial charge in [-0.05, 0) is 47.2 Å². The van der Waals surface area contributed by atoms with Gasteiger partial charge in [0.25, 0.3) is 5.91 Å². The Morgan fingerprint density at radius 2 is 2.31 bits per heavy atom. The van der Waals surface area contributed by atoms with Crippen molar-refractivity contribution in [2.75, 3.05) is 6.61 Å². The number of carbonyl (C=O) groups excluding carboxylic acids is 1. The highest BCUT2D eigenvalue weighted by molar-refractivity contribution is 14.1. The van der Waals surface area contributed by atoms with Crippen LogP contribution in [-0.4, -0.2) is 23.7 Å². The third-order valence-electron chi connectivity index (χ3n) is 2.22. The first-order valence-electron chi connectivity index (χ1n) is 4.95. The van der Waals surface area contributed by atoms with Crippen molar-refractivity contribution < 1.29 is 14.3 Å². The molecule has 2 N–H and O–H groups in total. The van der Waals surface area contributed by atoms with Crippen LogP contribution >= 0.6 is 22.6 Å². The van der Waals surface area contributed by atoms with Crippen LogP contribution in [0.4, 0.5) is 4.39 Å². The van der Waals surface area contributed by atoms with Gasteiger partial charge in [0.2, 0.25) is 0 Å². The zero-order valence-corrected chi connectivity index (χ0v) is 11.0. The largest absolute Gasteiger partial charge is 0.394 e. The molecule has 0 aliphatic rings. The van der Waals surface area contributed by atoms with Crippen LogP contribution in [0.2, 0.25) is 0 Å². The molecule has 0 spiro atoms. The van der Waals surface area contributed by atoms with Gasteiger partial charge in [0.15, 0.2) is 0 Å². The first-order chi connectivity index (χ1) is 7.58. The van der Waals surface area contributed by atoms with E-state index in [1.54, 1.807) is 0 Å². The monoisotopic (exact) mass is 337 g/mol. The summed E-state index contributed by atoms with van der Waals surface area (Å²) < 4.78 is 13.4. The maximum Gasteiger partial charge on any atom is 0.252 e. The van der Waals surface area contributed by atoms with Crippen molar-refractivity contribution in [2.24, 2.45) is 0 Å². The predicted molar refractivity (Wildman–Crippen MR) is 67.7 cm³/mol. The van der Waals surface area contributed by atoms with E-state index in [4.69, 9.17) is 5.11 Å². The molecule has 5 heteroatoms. The summed E-state index contributed by atoms with van der Waals surface area (Å²) >= 11 is 1.91. The van der Waals surface area contributed by atoms with Gasteiger partial charge in [0.1, 0.15) is 5.82 Å². The van der Waals surface area contributed by atoms with Crippen LogP contribution < -0.4 is 5.32 Å². The summed E-state index contributed by atoms with van der Waals surface area (Å²) in [5.41, 5.74) is 0.425. The molecule has 16 heavy (non-hydrogen) atoms. The van der Waals surface area contributed by atoms with Crippen molar-refractivity contribution in [1.29, 1.82) is 0 Å². The van der Waals surface area contributed by atoms with Gasteiger partial charge in [-0.2, -0.15) is 0 Å². The van der Waals surface area contributed by atoms with Gasteiger partial charge in [-0.1, -0.05) is 6.92 Å². The minimum absolute atomic E-state index is 0.0972. The van der Waals surface area contributed by atoms with Crippen molar-refractivity contribution in [3.05, 3.63) is 33.1 Å². The number of aliphatic hydroxyl groups is 1. The van der Waals surface area contributed by atoms with Gasteiger partial charge < -0.3 is 10.4 Å². The SMILES string of the molecule is CC[C@H](CO)NC(=O)c1ccc(F)cc1I. The summed E-state index contributed by atoms with van der Waals surface area (Å²) in [6.07, 6.45) is 0.653. The highest BCUT2D eigenvalue weighted by atomic mass is 127. The molecular formula is C11H13FINO2. The molecule has 1 aromatic rings. The van der Waals surface area contributed by atoms with Crippen molar-refractivity contribution >= 4 is 28.5 Å². The second kappa shape index (κ2) is 6.15. The van der Waals surface area contributed by atoms with Crippen LogP contribution in [-0.2, 0) is 0 Å². The standard InChI is InChI=1S/C11H13FINO2/c1-2-8(6-15)14-11(16)9-4-3-7(12)5-10(9)13/h3-5,8,15H,2,6H2,1H3,(H,14,16)/t8-/m1/s1. The molecule has 0 aliphatic heterocycles. The minimum atomic E-state index is -0.366. The third-order valence-corrected chi connectivity index (χ3v) is 3.12. The summed E-state index contributed by atoms with van der Waals surface area (Å²) in [7, 11) is 0. The number of amides is 1. The lowest BCUT2D eigenvalue weighted by molar-refractivity contribution is 0.0914. The maximum absolute atomic E-state index is 12.8. The molecule has 0 heterocycles. The van der Waals surface area contributed by atoms with E-state index >= 15 is 0 Å². The van der Waals surface area contributed by atoms with E-state index in [9.17, 15) is 9.18 Å². The van der Waals surface area contributed by atoms with Gasteiger partial charge in [0, 0.05) is 3.57 Å². The van der Waals surface area contributed by atoms with Crippen LogP contribution in [0.3, 0.4) is 0 Å². The molecule has 0 aliphatic carbocycles. The van der Waals surface area contributed by atoms with E-state index in [-0.39, 0.29) is 24.4 Å². The Kier molecular flexibility index (Phi) is 5.14. The molecule has 88 valence electrons. The van der Waals surface area contributed by atoms with Crippen molar-refractivity contribution in [3.63, 3.8) is 0 Å². The molecule has 1 aromatic carbocycles. The smallest absolute Gasteiger partial charge is 0.252 e. The molecule has 1 atom stereocenters. The average Bonchev–Trinajstić information content (AvgIpc) is 2.25. The predicted octanol–water partition coefficient (Wildman–Crippen LogP) is 1.93. The number of rotatable bonds is 4. The van der Waals surface area contributed by atoms with Gasteiger partial charge in [-0.3, -0.25) is 4.79 Å². The zero-order valence-electron chi connectivity index (χ0n) is 8.84. The normalized spacial score (nSPS) is 12.2. The summed E-state index contributed by atoms with van der Waals surface area (Å²) in [4.78, 5) is 11.8. The Bertz CT molecular complexity index is 380. The quantitative estimate of drug-likeness (QED) is 0.825. The fraction of sp³-hybridized carbons (Fsp3) is 0.364.